The minimum atomic E-state index is 0.784. The molecule has 1 rings (SSSR count). The summed E-state index contributed by atoms with van der Waals surface area (Å²) in [6, 6.07) is 8.72. The van der Waals surface area contributed by atoms with Crippen molar-refractivity contribution in [3.8, 4) is 0 Å². The van der Waals surface area contributed by atoms with E-state index < -0.39 is 0 Å². The Morgan fingerprint density at radius 3 is 2.89 bits per heavy atom. The number of allylic oxidation sites excluding steroid dienone is 1. The molecule has 2 nitrogen and oxygen atoms in total. The minimum Gasteiger partial charge on any atom is -0.383 e. The Hall–Kier alpha value is -1.12. The molecule has 0 amide bonds. The molecular formula is C16H25NO. The molecule has 0 heterocycles. The monoisotopic (exact) mass is 247 g/mol. The summed E-state index contributed by atoms with van der Waals surface area (Å²) in [5.74, 6) is 0. The summed E-state index contributed by atoms with van der Waals surface area (Å²) in [5, 5.41) is 3.35. The molecule has 0 atom stereocenters. The van der Waals surface area contributed by atoms with Crippen LogP contribution in [0.1, 0.15) is 24.5 Å². The average molecular weight is 247 g/mol. The van der Waals surface area contributed by atoms with Gasteiger partial charge in [-0.05, 0) is 38.8 Å². The van der Waals surface area contributed by atoms with E-state index in [-0.39, 0.29) is 0 Å². The van der Waals surface area contributed by atoms with Crippen molar-refractivity contribution in [2.75, 3.05) is 26.8 Å². The lowest BCUT2D eigenvalue weighted by Gasteiger charge is -2.04. The molecule has 0 saturated heterocycles. The summed E-state index contributed by atoms with van der Waals surface area (Å²) in [6.45, 7) is 7.08. The maximum Gasteiger partial charge on any atom is 0.0587 e. The van der Waals surface area contributed by atoms with Crippen LogP contribution in [-0.4, -0.2) is 26.8 Å². The van der Waals surface area contributed by atoms with Gasteiger partial charge in [0.15, 0.2) is 0 Å². The van der Waals surface area contributed by atoms with Crippen molar-refractivity contribution in [1.29, 1.82) is 0 Å². The number of hydrogen-bond donors (Lipinski definition) is 1. The van der Waals surface area contributed by atoms with Gasteiger partial charge in [-0.1, -0.05) is 41.5 Å². The van der Waals surface area contributed by atoms with Crippen LogP contribution < -0.4 is 5.32 Å². The fraction of sp³-hybridized carbons (Fsp3) is 0.500. The summed E-state index contributed by atoms with van der Waals surface area (Å²) in [4.78, 5) is 0. The van der Waals surface area contributed by atoms with Crippen LogP contribution in [0, 0.1) is 6.92 Å². The van der Waals surface area contributed by atoms with Gasteiger partial charge in [-0.2, -0.15) is 0 Å². The highest BCUT2D eigenvalue weighted by Crippen LogP contribution is 2.10. The minimum absolute atomic E-state index is 0.784. The predicted octanol–water partition coefficient (Wildman–Crippen LogP) is 3.11. The average Bonchev–Trinajstić information content (AvgIpc) is 2.33. The van der Waals surface area contributed by atoms with Crippen molar-refractivity contribution in [3.63, 3.8) is 0 Å². The lowest BCUT2D eigenvalue weighted by atomic mass is 10.0. The lowest BCUT2D eigenvalue weighted by Crippen LogP contribution is -2.19. The van der Waals surface area contributed by atoms with Gasteiger partial charge in [-0.3, -0.25) is 0 Å². The first-order chi connectivity index (χ1) is 8.72. The van der Waals surface area contributed by atoms with Gasteiger partial charge in [0.05, 0.1) is 6.61 Å². The third-order valence-corrected chi connectivity index (χ3v) is 2.86. The molecule has 100 valence electrons. The molecule has 18 heavy (non-hydrogen) atoms. The number of ether oxygens (including phenoxy) is 1. The summed E-state index contributed by atoms with van der Waals surface area (Å²) >= 11 is 0. The molecule has 0 aliphatic rings. The van der Waals surface area contributed by atoms with Crippen molar-refractivity contribution in [2.24, 2.45) is 0 Å². The van der Waals surface area contributed by atoms with Gasteiger partial charge < -0.3 is 10.1 Å². The SMILES string of the molecule is COCCNCCC=C(C)Cc1cccc(C)c1. The molecule has 0 unspecified atom stereocenters. The molecule has 0 radical (unpaired) electrons. The van der Waals surface area contributed by atoms with Crippen LogP contribution in [0.3, 0.4) is 0 Å². The molecule has 0 aliphatic carbocycles. The highest BCUT2D eigenvalue weighted by Gasteiger charge is 1.95. The van der Waals surface area contributed by atoms with E-state index in [1.807, 2.05) is 0 Å². The molecule has 1 aromatic carbocycles. The van der Waals surface area contributed by atoms with E-state index in [0.717, 1.165) is 32.5 Å². The van der Waals surface area contributed by atoms with E-state index in [9.17, 15) is 0 Å². The second-order valence-corrected chi connectivity index (χ2v) is 4.75. The maximum absolute atomic E-state index is 4.98. The zero-order valence-corrected chi connectivity index (χ0v) is 11.8. The van der Waals surface area contributed by atoms with Crippen LogP contribution in [0.25, 0.3) is 0 Å². The van der Waals surface area contributed by atoms with E-state index >= 15 is 0 Å². The van der Waals surface area contributed by atoms with Crippen molar-refractivity contribution >= 4 is 0 Å². The summed E-state index contributed by atoms with van der Waals surface area (Å²) < 4.78 is 4.98. The first-order valence-electron chi connectivity index (χ1n) is 6.63. The predicted molar refractivity (Wildman–Crippen MR) is 78.0 cm³/mol. The van der Waals surface area contributed by atoms with Gasteiger partial charge in [-0.25, -0.2) is 0 Å². The largest absolute Gasteiger partial charge is 0.383 e. The number of aryl methyl sites for hydroxylation is 1. The number of nitrogens with one attached hydrogen (secondary N) is 1. The first kappa shape index (κ1) is 14.9. The molecule has 0 aliphatic heterocycles. The number of rotatable bonds is 8. The van der Waals surface area contributed by atoms with Crippen LogP contribution >= 0.6 is 0 Å². The highest BCUT2D eigenvalue weighted by molar-refractivity contribution is 5.26. The second-order valence-electron chi connectivity index (χ2n) is 4.75. The van der Waals surface area contributed by atoms with Crippen LogP contribution in [0.2, 0.25) is 0 Å². The standard InChI is InChI=1S/C16H25NO/c1-14-6-4-8-16(12-14)13-15(2)7-5-9-17-10-11-18-3/h4,6-8,12,17H,5,9-11,13H2,1-3H3. The molecule has 0 spiro atoms. The van der Waals surface area contributed by atoms with E-state index in [1.54, 1.807) is 7.11 Å². The first-order valence-corrected chi connectivity index (χ1v) is 6.63. The van der Waals surface area contributed by atoms with E-state index in [4.69, 9.17) is 4.74 Å². The van der Waals surface area contributed by atoms with E-state index in [2.05, 4.69) is 49.5 Å². The Morgan fingerprint density at radius 2 is 2.17 bits per heavy atom. The van der Waals surface area contributed by atoms with Crippen molar-refractivity contribution in [3.05, 3.63) is 47.0 Å². The second kappa shape index (κ2) is 8.90. The molecular weight excluding hydrogens is 222 g/mol. The summed E-state index contributed by atoms with van der Waals surface area (Å²) in [7, 11) is 1.73. The zero-order chi connectivity index (χ0) is 13.2. The number of benzene rings is 1. The normalized spacial score (nSPS) is 11.8. The molecule has 2 heteroatoms. The third-order valence-electron chi connectivity index (χ3n) is 2.86. The van der Waals surface area contributed by atoms with E-state index in [0.29, 0.717) is 0 Å². The molecule has 1 N–H and O–H groups in total. The lowest BCUT2D eigenvalue weighted by molar-refractivity contribution is 0.199. The maximum atomic E-state index is 4.98. The van der Waals surface area contributed by atoms with Gasteiger partial charge in [0.1, 0.15) is 0 Å². The topological polar surface area (TPSA) is 21.3 Å². The smallest absolute Gasteiger partial charge is 0.0587 e. The highest BCUT2D eigenvalue weighted by atomic mass is 16.5. The van der Waals surface area contributed by atoms with Crippen molar-refractivity contribution < 1.29 is 4.74 Å². The number of hydrogen-bond acceptors (Lipinski definition) is 2. The molecule has 1 aromatic rings. The zero-order valence-electron chi connectivity index (χ0n) is 11.8. The summed E-state index contributed by atoms with van der Waals surface area (Å²) in [6.07, 6.45) is 4.46. The summed E-state index contributed by atoms with van der Waals surface area (Å²) in [5.41, 5.74) is 4.17. The molecule has 0 aromatic heterocycles. The van der Waals surface area contributed by atoms with Gasteiger partial charge in [0.25, 0.3) is 0 Å². The fourth-order valence-electron chi connectivity index (χ4n) is 1.94. The molecule has 0 bridgehead atoms. The van der Waals surface area contributed by atoms with Gasteiger partial charge in [0, 0.05) is 13.7 Å². The molecule has 0 saturated carbocycles. The Labute approximate surface area is 111 Å². The van der Waals surface area contributed by atoms with Crippen LogP contribution in [0.5, 0.6) is 0 Å². The fourth-order valence-corrected chi connectivity index (χ4v) is 1.94. The third kappa shape index (κ3) is 6.58. The molecule has 0 fully saturated rings. The Bertz CT molecular complexity index is 371. The Kier molecular flexibility index (Phi) is 7.38. The van der Waals surface area contributed by atoms with Crippen LogP contribution in [-0.2, 0) is 11.2 Å². The van der Waals surface area contributed by atoms with Gasteiger partial charge in [0.2, 0.25) is 0 Å². The van der Waals surface area contributed by atoms with Crippen LogP contribution in [0.15, 0.2) is 35.9 Å². The van der Waals surface area contributed by atoms with E-state index in [1.165, 1.54) is 16.7 Å². The number of methoxy groups -OCH3 is 1. The van der Waals surface area contributed by atoms with Crippen LogP contribution in [0.4, 0.5) is 0 Å². The quantitative estimate of drug-likeness (QED) is 0.563. The Balaban J connectivity index is 2.25. The van der Waals surface area contributed by atoms with Gasteiger partial charge in [-0.15, -0.1) is 0 Å². The van der Waals surface area contributed by atoms with Gasteiger partial charge >= 0.3 is 0 Å². The van der Waals surface area contributed by atoms with Crippen molar-refractivity contribution in [2.45, 2.75) is 26.7 Å². The van der Waals surface area contributed by atoms with Crippen molar-refractivity contribution in [1.82, 2.24) is 5.32 Å². The Morgan fingerprint density at radius 1 is 1.33 bits per heavy atom.